The van der Waals surface area contributed by atoms with E-state index in [9.17, 15) is 19.1 Å². The number of hydrogen-bond donors (Lipinski definition) is 1. The molecule has 0 saturated carbocycles. The van der Waals surface area contributed by atoms with Crippen LogP contribution in [0.1, 0.15) is 33.5 Å². The van der Waals surface area contributed by atoms with Crippen LogP contribution >= 0.6 is 11.8 Å². The van der Waals surface area contributed by atoms with E-state index in [1.165, 1.54) is 23.9 Å². The third kappa shape index (κ3) is 8.74. The van der Waals surface area contributed by atoms with Gasteiger partial charge < -0.3 is 20.1 Å². The van der Waals surface area contributed by atoms with E-state index in [-0.39, 0.29) is 31.1 Å². The van der Waals surface area contributed by atoms with Gasteiger partial charge in [-0.1, -0.05) is 60.7 Å². The van der Waals surface area contributed by atoms with Crippen LogP contribution in [0.3, 0.4) is 0 Å². The zero-order valence-electron chi connectivity index (χ0n) is 23.6. The molecular formula is C33H32FLiN2O3S. The summed E-state index contributed by atoms with van der Waals surface area (Å²) in [5, 5.41) is 14.4. The molecule has 0 spiro atoms. The molecule has 41 heavy (non-hydrogen) atoms. The summed E-state index contributed by atoms with van der Waals surface area (Å²) in [6.45, 7) is 3.09. The van der Waals surface area contributed by atoms with Gasteiger partial charge in [0, 0.05) is 24.3 Å². The topological polar surface area (TPSA) is 72.5 Å². The molecule has 4 aromatic rings. The van der Waals surface area contributed by atoms with Gasteiger partial charge in [0.1, 0.15) is 5.82 Å². The van der Waals surface area contributed by atoms with Crippen molar-refractivity contribution in [2.24, 2.45) is 0 Å². The van der Waals surface area contributed by atoms with Crippen LogP contribution < -0.4 is 34.2 Å². The smallest absolute Gasteiger partial charge is 0.548 e. The van der Waals surface area contributed by atoms with E-state index in [4.69, 9.17) is 0 Å². The van der Waals surface area contributed by atoms with Crippen LogP contribution in [0.5, 0.6) is 0 Å². The van der Waals surface area contributed by atoms with Crippen molar-refractivity contribution in [3.63, 3.8) is 0 Å². The molecule has 1 atom stereocenters. The second-order valence-corrected chi connectivity index (χ2v) is 10.6. The zero-order chi connectivity index (χ0) is 28.5. The first-order valence-electron chi connectivity index (χ1n) is 13.1. The molecule has 1 amide bonds. The Kier molecular flexibility index (Phi) is 12.1. The van der Waals surface area contributed by atoms with Gasteiger partial charge in [0.15, 0.2) is 0 Å². The van der Waals surface area contributed by atoms with Crippen molar-refractivity contribution in [2.75, 3.05) is 16.9 Å². The van der Waals surface area contributed by atoms with Crippen molar-refractivity contribution in [2.45, 2.75) is 32.5 Å². The van der Waals surface area contributed by atoms with E-state index >= 15 is 0 Å². The van der Waals surface area contributed by atoms with E-state index in [1.54, 1.807) is 18.2 Å². The van der Waals surface area contributed by atoms with Gasteiger partial charge in [-0.2, -0.15) is 11.8 Å². The molecule has 5 nitrogen and oxygen atoms in total. The average Bonchev–Trinajstić information content (AvgIpc) is 2.96. The number of para-hydroxylation sites is 1. The maximum absolute atomic E-state index is 13.5. The summed E-state index contributed by atoms with van der Waals surface area (Å²) in [5.41, 5.74) is 5.98. The largest absolute Gasteiger partial charge is 1.00 e. The monoisotopic (exact) mass is 562 g/mol. The Hall–Kier alpha value is -3.50. The first-order valence-corrected chi connectivity index (χ1v) is 14.5. The molecular weight excluding hydrogens is 530 g/mol. The number of carbonyl (C=O) groups is 2. The third-order valence-corrected chi connectivity index (χ3v) is 7.39. The summed E-state index contributed by atoms with van der Waals surface area (Å²) in [6.07, 6.45) is 2.17. The Morgan fingerprint density at radius 1 is 0.878 bits per heavy atom. The molecule has 206 valence electrons. The molecule has 0 aliphatic carbocycles. The molecule has 0 aromatic heterocycles. The minimum Gasteiger partial charge on any atom is -0.548 e. The van der Waals surface area contributed by atoms with Gasteiger partial charge in [-0.25, -0.2) is 4.39 Å². The van der Waals surface area contributed by atoms with Crippen LogP contribution in [-0.4, -0.2) is 29.9 Å². The van der Waals surface area contributed by atoms with Crippen LogP contribution in [0.25, 0.3) is 11.1 Å². The summed E-state index contributed by atoms with van der Waals surface area (Å²) in [6, 6.07) is 28.8. The number of carboxylic acid groups (broad SMARTS) is 1. The van der Waals surface area contributed by atoms with Gasteiger partial charge in [0.25, 0.3) is 5.91 Å². The maximum atomic E-state index is 13.5. The number of hydrogen-bond acceptors (Lipinski definition) is 5. The quantitative estimate of drug-likeness (QED) is 0.269. The van der Waals surface area contributed by atoms with Crippen molar-refractivity contribution in [3.05, 3.63) is 125 Å². The second-order valence-electron chi connectivity index (χ2n) is 9.64. The fraction of sp³-hybridized carbons (Fsp3) is 0.212. The molecule has 0 fully saturated rings. The van der Waals surface area contributed by atoms with Gasteiger partial charge in [-0.3, -0.25) is 4.79 Å². The molecule has 0 aliphatic rings. The first kappa shape index (κ1) is 32.0. The summed E-state index contributed by atoms with van der Waals surface area (Å²) in [7, 11) is 0. The number of nitrogens with one attached hydrogen (secondary N) is 1. The number of aliphatic carboxylic acids is 1. The number of benzene rings is 4. The summed E-state index contributed by atoms with van der Waals surface area (Å²) < 4.78 is 13.5. The molecule has 0 saturated heterocycles. The fourth-order valence-electron chi connectivity index (χ4n) is 4.61. The van der Waals surface area contributed by atoms with Crippen molar-refractivity contribution in [1.82, 2.24) is 5.32 Å². The Bertz CT molecular complexity index is 1450. The van der Waals surface area contributed by atoms with E-state index in [2.05, 4.69) is 10.2 Å². The van der Waals surface area contributed by atoms with Crippen molar-refractivity contribution >= 4 is 29.3 Å². The molecule has 4 aromatic carbocycles. The van der Waals surface area contributed by atoms with Crippen LogP contribution in [0, 0.1) is 12.7 Å². The summed E-state index contributed by atoms with van der Waals surface area (Å²) in [5.74, 6) is -1.44. The molecule has 4 rings (SSSR count). The number of rotatable bonds is 12. The Morgan fingerprint density at radius 3 is 2.17 bits per heavy atom. The number of aryl methyl sites for hydroxylation is 1. The number of anilines is 1. The number of thioether (sulfide) groups is 1. The van der Waals surface area contributed by atoms with Crippen LogP contribution in [0.15, 0.2) is 97.1 Å². The van der Waals surface area contributed by atoms with Crippen molar-refractivity contribution in [1.29, 1.82) is 0 Å². The average molecular weight is 563 g/mol. The number of nitrogens with zero attached hydrogens (tertiary/aromatic N) is 1. The second kappa shape index (κ2) is 15.5. The van der Waals surface area contributed by atoms with Crippen LogP contribution in [0.4, 0.5) is 10.1 Å². The van der Waals surface area contributed by atoms with E-state index in [0.29, 0.717) is 24.4 Å². The summed E-state index contributed by atoms with van der Waals surface area (Å²) in [4.78, 5) is 27.3. The molecule has 0 aliphatic heterocycles. The predicted octanol–water partition coefficient (Wildman–Crippen LogP) is 2.61. The zero-order valence-corrected chi connectivity index (χ0v) is 24.4. The van der Waals surface area contributed by atoms with E-state index in [1.807, 2.05) is 79.9 Å². The van der Waals surface area contributed by atoms with E-state index < -0.39 is 17.9 Å². The molecule has 8 heteroatoms. The van der Waals surface area contributed by atoms with Gasteiger partial charge in [0.2, 0.25) is 0 Å². The third-order valence-electron chi connectivity index (χ3n) is 6.75. The number of carbonyl (C=O) groups excluding carboxylic acids is 2. The van der Waals surface area contributed by atoms with Gasteiger partial charge in [0.05, 0.1) is 12.0 Å². The molecule has 0 radical (unpaired) electrons. The number of halogens is 1. The fourth-order valence-corrected chi connectivity index (χ4v) is 5.09. The normalized spacial score (nSPS) is 11.3. The Morgan fingerprint density at radius 2 is 1.51 bits per heavy atom. The maximum Gasteiger partial charge on any atom is 1.00 e. The summed E-state index contributed by atoms with van der Waals surface area (Å²) >= 11 is 1.51. The molecule has 1 N–H and O–H groups in total. The van der Waals surface area contributed by atoms with Crippen molar-refractivity contribution < 1.29 is 37.9 Å². The SMILES string of the molecule is CSCC[C@H](NC(=O)c1ccc(CN(Cc2ccc(F)cc2)c2ccccc2)cc1-c1ccccc1C)C(=O)[O-].[Li+]. The standard InChI is InChI=1S/C33H33FN2O3S.Li/c1-23-8-6-7-11-28(23)30-20-25(14-17-29(30)32(37)35-31(33(38)39)18-19-40-2)22-36(27-9-4-3-5-10-27)21-24-12-15-26(34)16-13-24;/h3-17,20,31H,18-19,21-22H2,1-2H3,(H,35,37)(H,38,39);/q;+1/p-1/t31-;/m0./s1. The minimum absolute atomic E-state index is 0. The molecule has 0 bridgehead atoms. The Balaban J connectivity index is 0.00000462. The molecule has 0 unspecified atom stereocenters. The Labute approximate surface area is 257 Å². The van der Waals surface area contributed by atoms with E-state index in [0.717, 1.165) is 33.5 Å². The number of amides is 1. The molecule has 0 heterocycles. The predicted molar refractivity (Wildman–Crippen MR) is 159 cm³/mol. The minimum atomic E-state index is -1.30. The van der Waals surface area contributed by atoms with Crippen molar-refractivity contribution in [3.8, 4) is 11.1 Å². The van der Waals surface area contributed by atoms with Gasteiger partial charge in [-0.05, 0) is 89.6 Å². The van der Waals surface area contributed by atoms with Crippen LogP contribution in [-0.2, 0) is 17.9 Å². The van der Waals surface area contributed by atoms with Gasteiger partial charge in [-0.15, -0.1) is 0 Å². The first-order chi connectivity index (χ1) is 19.4. The number of carboxylic acids is 1. The van der Waals surface area contributed by atoms with Crippen LogP contribution in [0.2, 0.25) is 0 Å². The van der Waals surface area contributed by atoms with Gasteiger partial charge >= 0.3 is 18.9 Å².